The van der Waals surface area contributed by atoms with E-state index in [1.165, 1.54) is 5.56 Å². The summed E-state index contributed by atoms with van der Waals surface area (Å²) in [5, 5.41) is 3.14. The number of aryl methyl sites for hydroxylation is 2. The summed E-state index contributed by atoms with van der Waals surface area (Å²) in [6.07, 6.45) is 3.04. The number of rotatable bonds is 12. The molecule has 6 nitrogen and oxygen atoms in total. The van der Waals surface area contributed by atoms with Crippen LogP contribution in [-0.2, 0) is 17.8 Å². The summed E-state index contributed by atoms with van der Waals surface area (Å²) >= 11 is 0. The average Bonchev–Trinajstić information content (AvgIpc) is 3.27. The van der Waals surface area contributed by atoms with Gasteiger partial charge in [0.2, 0.25) is 5.91 Å². The van der Waals surface area contributed by atoms with Crippen LogP contribution in [0.15, 0.2) is 78.9 Å². The van der Waals surface area contributed by atoms with E-state index in [0.717, 1.165) is 54.2 Å². The quantitative estimate of drug-likeness (QED) is 0.269. The number of hydrogen-bond acceptors (Lipinski definition) is 4. The van der Waals surface area contributed by atoms with Gasteiger partial charge in [-0.2, -0.15) is 0 Å². The van der Waals surface area contributed by atoms with Crippen LogP contribution in [-0.4, -0.2) is 29.2 Å². The van der Waals surface area contributed by atoms with Crippen molar-refractivity contribution >= 4 is 16.9 Å². The molecule has 0 aliphatic heterocycles. The molecule has 1 unspecified atom stereocenters. The van der Waals surface area contributed by atoms with Crippen LogP contribution in [0.1, 0.15) is 43.6 Å². The first-order chi connectivity index (χ1) is 17.1. The number of unbranched alkanes of at least 4 members (excludes halogenated alkanes) is 1. The highest BCUT2D eigenvalue weighted by atomic mass is 16.5. The maximum Gasteiger partial charge on any atom is 0.220 e. The molecule has 1 heterocycles. The number of carbonyl (C=O) groups is 1. The molecule has 35 heavy (non-hydrogen) atoms. The van der Waals surface area contributed by atoms with E-state index in [4.69, 9.17) is 14.5 Å². The number of hydrogen-bond donors (Lipinski definition) is 1. The van der Waals surface area contributed by atoms with Crippen molar-refractivity contribution in [3.8, 4) is 11.5 Å². The number of nitrogens with zero attached hydrogens (tertiary/aromatic N) is 2. The number of nitrogens with one attached hydrogen (secondary N) is 1. The molecule has 0 saturated carbocycles. The zero-order valence-electron chi connectivity index (χ0n) is 20.4. The van der Waals surface area contributed by atoms with Gasteiger partial charge in [0.15, 0.2) is 0 Å². The number of imidazole rings is 1. The lowest BCUT2D eigenvalue weighted by Crippen LogP contribution is -2.29. The van der Waals surface area contributed by atoms with Gasteiger partial charge < -0.3 is 19.4 Å². The Labute approximate surface area is 206 Å². The van der Waals surface area contributed by atoms with Gasteiger partial charge in [0.05, 0.1) is 30.8 Å². The van der Waals surface area contributed by atoms with E-state index in [2.05, 4.69) is 28.1 Å². The van der Waals surface area contributed by atoms with Crippen molar-refractivity contribution in [1.29, 1.82) is 0 Å². The monoisotopic (exact) mass is 471 g/mol. The van der Waals surface area contributed by atoms with Crippen LogP contribution < -0.4 is 14.8 Å². The fourth-order valence-corrected chi connectivity index (χ4v) is 4.17. The van der Waals surface area contributed by atoms with E-state index in [1.807, 2.05) is 67.6 Å². The number of amides is 1. The van der Waals surface area contributed by atoms with Gasteiger partial charge in [0.1, 0.15) is 17.3 Å². The molecule has 0 saturated heterocycles. The third kappa shape index (κ3) is 6.63. The van der Waals surface area contributed by atoms with Crippen molar-refractivity contribution in [2.75, 3.05) is 13.7 Å². The zero-order valence-corrected chi connectivity index (χ0v) is 20.4. The van der Waals surface area contributed by atoms with Gasteiger partial charge in [0.25, 0.3) is 0 Å². The standard InChI is InChI=1S/C29H33N3O3/c1-22(30-28(33)19-14-23-10-4-3-5-11-23)29-31-26-12-6-7-13-27(26)32(29)20-8-9-21-35-25-17-15-24(34-2)16-18-25/h3-7,10-13,15-18,22H,8-9,14,19-21H2,1-2H3,(H,30,33). The first-order valence-corrected chi connectivity index (χ1v) is 12.2. The second kappa shape index (κ2) is 12.1. The van der Waals surface area contributed by atoms with E-state index >= 15 is 0 Å². The Bertz CT molecular complexity index is 1220. The number of methoxy groups -OCH3 is 1. The highest BCUT2D eigenvalue weighted by Gasteiger charge is 2.18. The van der Waals surface area contributed by atoms with Crippen LogP contribution in [0.5, 0.6) is 11.5 Å². The number of para-hydroxylation sites is 2. The zero-order chi connectivity index (χ0) is 24.5. The molecule has 0 spiro atoms. The molecule has 1 amide bonds. The van der Waals surface area contributed by atoms with Gasteiger partial charge >= 0.3 is 0 Å². The summed E-state index contributed by atoms with van der Waals surface area (Å²) in [6.45, 7) is 3.46. The third-order valence-electron chi connectivity index (χ3n) is 6.04. The van der Waals surface area contributed by atoms with Crippen molar-refractivity contribution in [1.82, 2.24) is 14.9 Å². The lowest BCUT2D eigenvalue weighted by atomic mass is 10.1. The number of aromatic nitrogens is 2. The SMILES string of the molecule is COc1ccc(OCCCCn2c(C(C)NC(=O)CCc3ccccc3)nc3ccccc32)cc1. The number of benzene rings is 3. The predicted molar refractivity (Wildman–Crippen MR) is 139 cm³/mol. The molecule has 4 aromatic rings. The van der Waals surface area contributed by atoms with E-state index < -0.39 is 0 Å². The average molecular weight is 472 g/mol. The lowest BCUT2D eigenvalue weighted by Gasteiger charge is -2.16. The molecular formula is C29H33N3O3. The Morgan fingerprint density at radius 2 is 1.66 bits per heavy atom. The smallest absolute Gasteiger partial charge is 0.220 e. The van der Waals surface area contributed by atoms with Crippen molar-refractivity contribution in [2.24, 2.45) is 0 Å². The maximum atomic E-state index is 12.6. The maximum absolute atomic E-state index is 12.6. The predicted octanol–water partition coefficient (Wildman–Crippen LogP) is 5.71. The van der Waals surface area contributed by atoms with Gasteiger partial charge in [-0.05, 0) is 68.1 Å². The molecule has 3 aromatic carbocycles. The first kappa shape index (κ1) is 24.3. The molecule has 0 radical (unpaired) electrons. The fraction of sp³-hybridized carbons (Fsp3) is 0.310. The van der Waals surface area contributed by atoms with Crippen LogP contribution in [0.3, 0.4) is 0 Å². The summed E-state index contributed by atoms with van der Waals surface area (Å²) < 4.78 is 13.3. The molecular weight excluding hydrogens is 438 g/mol. The molecule has 6 heteroatoms. The van der Waals surface area contributed by atoms with Gasteiger partial charge in [0, 0.05) is 13.0 Å². The Morgan fingerprint density at radius 3 is 2.43 bits per heavy atom. The van der Waals surface area contributed by atoms with Crippen LogP contribution >= 0.6 is 0 Å². The van der Waals surface area contributed by atoms with Gasteiger partial charge in [-0.15, -0.1) is 0 Å². The number of ether oxygens (including phenoxy) is 2. The molecule has 1 N–H and O–H groups in total. The molecule has 1 aromatic heterocycles. The van der Waals surface area contributed by atoms with Gasteiger partial charge in [-0.1, -0.05) is 42.5 Å². The summed E-state index contributed by atoms with van der Waals surface area (Å²) in [7, 11) is 1.65. The summed E-state index contributed by atoms with van der Waals surface area (Å²) in [4.78, 5) is 17.5. The van der Waals surface area contributed by atoms with E-state index in [0.29, 0.717) is 13.0 Å². The number of fused-ring (bicyclic) bond motifs is 1. The van der Waals surface area contributed by atoms with Crippen molar-refractivity contribution in [3.63, 3.8) is 0 Å². The molecule has 0 fully saturated rings. The minimum Gasteiger partial charge on any atom is -0.497 e. The summed E-state index contributed by atoms with van der Waals surface area (Å²) in [6, 6.07) is 25.7. The normalized spacial score (nSPS) is 11.8. The molecule has 1 atom stereocenters. The highest BCUT2D eigenvalue weighted by molar-refractivity contribution is 5.78. The second-order valence-electron chi connectivity index (χ2n) is 8.62. The molecule has 0 aliphatic carbocycles. The molecule has 0 aliphatic rings. The first-order valence-electron chi connectivity index (χ1n) is 12.2. The van der Waals surface area contributed by atoms with Crippen LogP contribution in [0.4, 0.5) is 0 Å². The van der Waals surface area contributed by atoms with E-state index in [1.54, 1.807) is 7.11 Å². The van der Waals surface area contributed by atoms with Gasteiger partial charge in [-0.25, -0.2) is 4.98 Å². The van der Waals surface area contributed by atoms with Crippen LogP contribution in [0, 0.1) is 0 Å². The second-order valence-corrected chi connectivity index (χ2v) is 8.62. The minimum absolute atomic E-state index is 0.0350. The Hall–Kier alpha value is -3.80. The highest BCUT2D eigenvalue weighted by Crippen LogP contribution is 2.22. The summed E-state index contributed by atoms with van der Waals surface area (Å²) in [5.41, 5.74) is 3.20. The van der Waals surface area contributed by atoms with Crippen molar-refractivity contribution in [2.45, 2.75) is 45.2 Å². The van der Waals surface area contributed by atoms with E-state index in [9.17, 15) is 4.79 Å². The topological polar surface area (TPSA) is 65.4 Å². The van der Waals surface area contributed by atoms with Crippen molar-refractivity contribution in [3.05, 3.63) is 90.3 Å². The van der Waals surface area contributed by atoms with Crippen LogP contribution in [0.2, 0.25) is 0 Å². The Morgan fingerprint density at radius 1 is 0.943 bits per heavy atom. The molecule has 0 bridgehead atoms. The number of carbonyl (C=O) groups excluding carboxylic acids is 1. The van der Waals surface area contributed by atoms with E-state index in [-0.39, 0.29) is 11.9 Å². The Balaban J connectivity index is 1.33. The molecule has 182 valence electrons. The largest absolute Gasteiger partial charge is 0.497 e. The fourth-order valence-electron chi connectivity index (χ4n) is 4.17. The minimum atomic E-state index is -0.179. The Kier molecular flexibility index (Phi) is 8.39. The van der Waals surface area contributed by atoms with Gasteiger partial charge in [-0.3, -0.25) is 4.79 Å². The molecule has 4 rings (SSSR count). The third-order valence-corrected chi connectivity index (χ3v) is 6.04. The van der Waals surface area contributed by atoms with Crippen molar-refractivity contribution < 1.29 is 14.3 Å². The van der Waals surface area contributed by atoms with Crippen LogP contribution in [0.25, 0.3) is 11.0 Å². The summed E-state index contributed by atoms with van der Waals surface area (Å²) in [5.74, 6) is 2.58. The lowest BCUT2D eigenvalue weighted by molar-refractivity contribution is -0.121.